The van der Waals surface area contributed by atoms with Crippen LogP contribution in [0.3, 0.4) is 0 Å². The van der Waals surface area contributed by atoms with Gasteiger partial charge in [0.15, 0.2) is 0 Å². The summed E-state index contributed by atoms with van der Waals surface area (Å²) in [6.45, 7) is 9.58. The Bertz CT molecular complexity index is 1580. The van der Waals surface area contributed by atoms with Crippen molar-refractivity contribution in [2.75, 3.05) is 37.6 Å². The molecule has 1 saturated heterocycles. The number of nitrogens with one attached hydrogen (secondary N) is 1. The van der Waals surface area contributed by atoms with E-state index in [0.29, 0.717) is 48.4 Å². The molecule has 3 aromatic rings. The van der Waals surface area contributed by atoms with Crippen molar-refractivity contribution in [3.63, 3.8) is 0 Å². The lowest BCUT2D eigenvalue weighted by atomic mass is 9.95. The Kier molecular flexibility index (Phi) is 8.08. The third-order valence-corrected chi connectivity index (χ3v) is 8.38. The van der Waals surface area contributed by atoms with E-state index in [-0.39, 0.29) is 28.7 Å². The summed E-state index contributed by atoms with van der Waals surface area (Å²) in [7, 11) is 0. The summed E-state index contributed by atoms with van der Waals surface area (Å²) in [5.74, 6) is -1.48. The maximum Gasteiger partial charge on any atom is 0.410 e. The molecule has 11 heteroatoms. The molecule has 0 unspecified atom stereocenters. The van der Waals surface area contributed by atoms with Crippen LogP contribution in [0.5, 0.6) is 0 Å². The molecule has 0 radical (unpaired) electrons. The number of rotatable bonds is 6. The van der Waals surface area contributed by atoms with Crippen molar-refractivity contribution >= 4 is 44.5 Å². The molecule has 42 heavy (non-hydrogen) atoms. The molecule has 2 aliphatic rings. The molecule has 2 heterocycles. The van der Waals surface area contributed by atoms with E-state index < -0.39 is 28.8 Å². The summed E-state index contributed by atoms with van der Waals surface area (Å²) in [4.78, 5) is 42.6. The van der Waals surface area contributed by atoms with Crippen molar-refractivity contribution in [1.82, 2.24) is 14.8 Å². The zero-order valence-electron chi connectivity index (χ0n) is 24.2. The second-order valence-corrected chi connectivity index (χ2v) is 13.0. The van der Waals surface area contributed by atoms with E-state index in [1.165, 1.54) is 24.4 Å². The van der Waals surface area contributed by atoms with Crippen LogP contribution in [0.25, 0.3) is 10.9 Å². The quantitative estimate of drug-likeness (QED) is 0.379. The molecule has 8 nitrogen and oxygen atoms in total. The standard InChI is InChI=1S/C31H35BrF2N4O4/c1-5-36-17-23(28(40)35-18-31(6-7-31)19-12-20(32)14-21(33)13-19)27(39)22-15-24(34)26(16-25(22)36)37-8-10-38(11-9-37)29(41)42-30(2,3)4/h12-17H,5-11,18H2,1-4H3,(H,35,40). The first kappa shape index (κ1) is 30.0. The fraction of sp³-hybridized carbons (Fsp3) is 0.452. The SMILES string of the molecule is CCn1cc(C(=O)NCC2(c3cc(F)cc(Br)c3)CC2)c(=O)c2cc(F)c(N3CCN(C(=O)OC(C)(C)C)CC3)cc21. The fourth-order valence-electron chi connectivity index (χ4n) is 5.44. The van der Waals surface area contributed by atoms with Crippen molar-refractivity contribution in [3.8, 4) is 0 Å². The van der Waals surface area contributed by atoms with Gasteiger partial charge in [-0.25, -0.2) is 13.6 Å². The van der Waals surface area contributed by atoms with Gasteiger partial charge in [-0.05, 0) is 76.4 Å². The van der Waals surface area contributed by atoms with Gasteiger partial charge in [0, 0.05) is 60.7 Å². The molecule has 0 bridgehead atoms. The van der Waals surface area contributed by atoms with Crippen LogP contribution in [0.4, 0.5) is 19.3 Å². The molecule has 1 N–H and O–H groups in total. The first-order chi connectivity index (χ1) is 19.8. The van der Waals surface area contributed by atoms with Crippen LogP contribution in [-0.2, 0) is 16.7 Å². The number of aromatic nitrogens is 1. The molecular weight excluding hydrogens is 610 g/mol. The van der Waals surface area contributed by atoms with Crippen LogP contribution in [0.1, 0.15) is 56.5 Å². The van der Waals surface area contributed by atoms with E-state index in [4.69, 9.17) is 4.74 Å². The highest BCUT2D eigenvalue weighted by atomic mass is 79.9. The molecule has 2 aromatic carbocycles. The molecule has 1 aliphatic carbocycles. The maximum absolute atomic E-state index is 15.5. The minimum absolute atomic E-state index is 0.0707. The Morgan fingerprint density at radius 2 is 1.74 bits per heavy atom. The van der Waals surface area contributed by atoms with Crippen molar-refractivity contribution < 1.29 is 23.1 Å². The zero-order valence-corrected chi connectivity index (χ0v) is 25.8. The second kappa shape index (κ2) is 11.3. The number of amides is 2. The number of anilines is 1. The Morgan fingerprint density at radius 1 is 1.05 bits per heavy atom. The summed E-state index contributed by atoms with van der Waals surface area (Å²) in [5.41, 5.74) is 0.0478. The fourth-order valence-corrected chi connectivity index (χ4v) is 5.91. The number of aryl methyl sites for hydroxylation is 1. The van der Waals surface area contributed by atoms with E-state index in [1.807, 2.05) is 38.7 Å². The van der Waals surface area contributed by atoms with Crippen LogP contribution in [0.15, 0.2) is 45.8 Å². The number of benzene rings is 2. The Balaban J connectivity index is 1.35. The topological polar surface area (TPSA) is 83.9 Å². The van der Waals surface area contributed by atoms with Gasteiger partial charge >= 0.3 is 6.09 Å². The van der Waals surface area contributed by atoms with Crippen LogP contribution in [0, 0.1) is 11.6 Å². The lowest BCUT2D eigenvalue weighted by Gasteiger charge is -2.37. The molecule has 224 valence electrons. The zero-order chi connectivity index (χ0) is 30.4. The third kappa shape index (κ3) is 6.16. The van der Waals surface area contributed by atoms with Gasteiger partial charge in [-0.2, -0.15) is 0 Å². The molecule has 0 spiro atoms. The summed E-state index contributed by atoms with van der Waals surface area (Å²) in [6.07, 6.45) is 2.70. The largest absolute Gasteiger partial charge is 0.444 e. The number of hydrogen-bond acceptors (Lipinski definition) is 5. The highest BCUT2D eigenvalue weighted by Crippen LogP contribution is 2.48. The van der Waals surface area contributed by atoms with Crippen molar-refractivity contribution in [2.45, 2.75) is 58.1 Å². The number of pyridine rings is 1. The van der Waals surface area contributed by atoms with Gasteiger partial charge in [-0.1, -0.05) is 15.9 Å². The number of ether oxygens (including phenoxy) is 1. The number of fused-ring (bicyclic) bond motifs is 1. The van der Waals surface area contributed by atoms with Crippen molar-refractivity contribution in [3.05, 3.63) is 74.0 Å². The highest BCUT2D eigenvalue weighted by Gasteiger charge is 2.45. The number of carbonyl (C=O) groups excluding carboxylic acids is 2. The molecule has 2 amide bonds. The summed E-state index contributed by atoms with van der Waals surface area (Å²) < 4.78 is 37.3. The summed E-state index contributed by atoms with van der Waals surface area (Å²) >= 11 is 3.33. The van der Waals surface area contributed by atoms with E-state index >= 15 is 4.39 Å². The van der Waals surface area contributed by atoms with Gasteiger partial charge in [0.2, 0.25) is 5.43 Å². The lowest BCUT2D eigenvalue weighted by molar-refractivity contribution is 0.0240. The maximum atomic E-state index is 15.5. The highest BCUT2D eigenvalue weighted by molar-refractivity contribution is 9.10. The number of carbonyl (C=O) groups is 2. The van der Waals surface area contributed by atoms with Crippen LogP contribution >= 0.6 is 15.9 Å². The van der Waals surface area contributed by atoms with Crippen molar-refractivity contribution in [1.29, 1.82) is 0 Å². The van der Waals surface area contributed by atoms with Gasteiger partial charge < -0.3 is 24.4 Å². The molecule has 1 saturated carbocycles. The number of piperazine rings is 1. The molecule has 0 atom stereocenters. The molecule has 1 aliphatic heterocycles. The van der Waals surface area contributed by atoms with Gasteiger partial charge in [0.1, 0.15) is 22.8 Å². The van der Waals surface area contributed by atoms with Crippen LogP contribution < -0.4 is 15.6 Å². The van der Waals surface area contributed by atoms with Gasteiger partial charge in [0.05, 0.1) is 11.2 Å². The predicted molar refractivity (Wildman–Crippen MR) is 161 cm³/mol. The first-order valence-electron chi connectivity index (χ1n) is 14.1. The van der Waals surface area contributed by atoms with Crippen LogP contribution in [0.2, 0.25) is 0 Å². The number of nitrogens with zero attached hydrogens (tertiary/aromatic N) is 3. The molecule has 5 rings (SSSR count). The van der Waals surface area contributed by atoms with E-state index in [2.05, 4.69) is 21.2 Å². The Morgan fingerprint density at radius 3 is 2.33 bits per heavy atom. The van der Waals surface area contributed by atoms with Gasteiger partial charge in [-0.15, -0.1) is 0 Å². The van der Waals surface area contributed by atoms with E-state index in [1.54, 1.807) is 15.5 Å². The normalized spacial score (nSPS) is 16.5. The Labute approximate surface area is 251 Å². The van der Waals surface area contributed by atoms with Gasteiger partial charge in [-0.3, -0.25) is 9.59 Å². The summed E-state index contributed by atoms with van der Waals surface area (Å²) in [5, 5.41) is 2.99. The lowest BCUT2D eigenvalue weighted by Crippen LogP contribution is -2.50. The second-order valence-electron chi connectivity index (χ2n) is 12.1. The molecule has 1 aromatic heterocycles. The average Bonchev–Trinajstić information content (AvgIpc) is 3.72. The monoisotopic (exact) mass is 644 g/mol. The molecule has 2 fully saturated rings. The van der Waals surface area contributed by atoms with E-state index in [9.17, 15) is 18.8 Å². The smallest absolute Gasteiger partial charge is 0.410 e. The van der Waals surface area contributed by atoms with Gasteiger partial charge in [0.25, 0.3) is 5.91 Å². The Hall–Kier alpha value is -3.47. The predicted octanol–water partition coefficient (Wildman–Crippen LogP) is 5.58. The van der Waals surface area contributed by atoms with Crippen LogP contribution in [-0.4, -0.2) is 59.8 Å². The molecular formula is C31H35BrF2N4O4. The number of halogens is 3. The van der Waals surface area contributed by atoms with E-state index in [0.717, 1.165) is 18.4 Å². The first-order valence-corrected chi connectivity index (χ1v) is 14.9. The summed E-state index contributed by atoms with van der Waals surface area (Å²) in [6, 6.07) is 7.54. The minimum atomic E-state index is -0.601. The van der Waals surface area contributed by atoms with Crippen molar-refractivity contribution in [2.24, 2.45) is 0 Å². The minimum Gasteiger partial charge on any atom is -0.444 e. The average molecular weight is 646 g/mol. The number of hydrogen-bond donors (Lipinski definition) is 1. The third-order valence-electron chi connectivity index (χ3n) is 7.92.